The molecule has 8 heteroatoms. The summed E-state index contributed by atoms with van der Waals surface area (Å²) < 4.78 is 24.9. The van der Waals surface area contributed by atoms with Crippen molar-refractivity contribution in [2.45, 2.75) is 25.8 Å². The Balaban J connectivity index is 1.68. The van der Waals surface area contributed by atoms with Gasteiger partial charge in [-0.15, -0.1) is 0 Å². The highest BCUT2D eigenvalue weighted by Gasteiger charge is 2.36. The summed E-state index contributed by atoms with van der Waals surface area (Å²) in [4.78, 5) is 26.5. The van der Waals surface area contributed by atoms with Crippen LogP contribution >= 0.6 is 0 Å². The molecule has 0 bridgehead atoms. The van der Waals surface area contributed by atoms with E-state index in [1.165, 1.54) is 29.8 Å². The maximum Gasteiger partial charge on any atom is 0.251 e. The lowest BCUT2D eigenvalue weighted by molar-refractivity contribution is -0.116. The van der Waals surface area contributed by atoms with Crippen LogP contribution in [0, 0.1) is 0 Å². The van der Waals surface area contributed by atoms with Crippen LogP contribution in [-0.2, 0) is 21.2 Å². The van der Waals surface area contributed by atoms with E-state index in [0.717, 1.165) is 16.3 Å². The Hall–Kier alpha value is -2.71. The fraction of sp³-hybridized carbons (Fsp3) is 0.364. The van der Waals surface area contributed by atoms with Crippen LogP contribution in [0.3, 0.4) is 0 Å². The summed E-state index contributed by atoms with van der Waals surface area (Å²) in [6.07, 6.45) is 0.958. The quantitative estimate of drug-likeness (QED) is 0.730. The molecule has 3 rings (SSSR count). The first-order valence-electron chi connectivity index (χ1n) is 9.92. The van der Waals surface area contributed by atoms with E-state index in [2.05, 4.69) is 36.5 Å². The van der Waals surface area contributed by atoms with E-state index in [4.69, 9.17) is 0 Å². The minimum atomic E-state index is -3.61. The first-order chi connectivity index (χ1) is 14.2. The number of sulfonamides is 1. The lowest BCUT2D eigenvalue weighted by atomic mass is 10.0. The van der Waals surface area contributed by atoms with Gasteiger partial charge in [0.2, 0.25) is 15.9 Å². The Morgan fingerprint density at radius 2 is 1.73 bits per heavy atom. The van der Waals surface area contributed by atoms with Crippen LogP contribution in [0.5, 0.6) is 0 Å². The normalized spacial score (nSPS) is 16.7. The molecule has 2 aromatic carbocycles. The molecule has 1 fully saturated rings. The van der Waals surface area contributed by atoms with Crippen LogP contribution in [0.4, 0.5) is 5.69 Å². The predicted octanol–water partition coefficient (Wildman–Crippen LogP) is 2.35. The Morgan fingerprint density at radius 1 is 1.10 bits per heavy atom. The first-order valence-corrected chi connectivity index (χ1v) is 11.5. The zero-order valence-corrected chi connectivity index (χ0v) is 18.3. The van der Waals surface area contributed by atoms with Crippen molar-refractivity contribution in [2.75, 3.05) is 30.7 Å². The maximum absolute atomic E-state index is 12.6. The monoisotopic (exact) mass is 429 g/mol. The van der Waals surface area contributed by atoms with Gasteiger partial charge in [-0.3, -0.25) is 9.59 Å². The number of aryl methyl sites for hydroxylation is 1. The predicted molar refractivity (Wildman–Crippen MR) is 117 cm³/mol. The van der Waals surface area contributed by atoms with E-state index >= 15 is 0 Å². The highest BCUT2D eigenvalue weighted by atomic mass is 32.2. The lowest BCUT2D eigenvalue weighted by Gasteiger charge is -2.25. The van der Waals surface area contributed by atoms with E-state index in [-0.39, 0.29) is 29.8 Å². The SMILES string of the molecule is CCc1ccc(C(CNC(=O)c2ccc(N3C(=O)CCS3(=O)=O)cc2)N(C)C)cc1. The van der Waals surface area contributed by atoms with Crippen LogP contribution in [-0.4, -0.2) is 51.5 Å². The van der Waals surface area contributed by atoms with E-state index in [0.29, 0.717) is 12.1 Å². The van der Waals surface area contributed by atoms with E-state index in [9.17, 15) is 18.0 Å². The highest BCUT2D eigenvalue weighted by Crippen LogP contribution is 2.25. The van der Waals surface area contributed by atoms with Crippen LogP contribution in [0.15, 0.2) is 48.5 Å². The van der Waals surface area contributed by atoms with Crippen molar-refractivity contribution in [2.24, 2.45) is 0 Å². The van der Waals surface area contributed by atoms with Gasteiger partial charge in [0, 0.05) is 18.5 Å². The van der Waals surface area contributed by atoms with Crippen molar-refractivity contribution in [1.29, 1.82) is 0 Å². The molecule has 1 unspecified atom stereocenters. The number of carbonyl (C=O) groups excluding carboxylic acids is 2. The highest BCUT2D eigenvalue weighted by molar-refractivity contribution is 7.94. The van der Waals surface area contributed by atoms with E-state index in [1.54, 1.807) is 0 Å². The Labute approximate surface area is 177 Å². The molecule has 0 spiro atoms. The molecule has 1 aliphatic heterocycles. The summed E-state index contributed by atoms with van der Waals surface area (Å²) in [5, 5.41) is 2.94. The number of carbonyl (C=O) groups is 2. The second-order valence-corrected chi connectivity index (χ2v) is 9.49. The zero-order valence-electron chi connectivity index (χ0n) is 17.5. The van der Waals surface area contributed by atoms with Crippen molar-refractivity contribution < 1.29 is 18.0 Å². The average Bonchev–Trinajstić information content (AvgIpc) is 3.00. The number of rotatable bonds is 7. The van der Waals surface area contributed by atoms with Gasteiger partial charge >= 0.3 is 0 Å². The van der Waals surface area contributed by atoms with Crippen LogP contribution in [0.2, 0.25) is 0 Å². The third kappa shape index (κ3) is 4.71. The standard InChI is InChI=1S/C22H27N3O4S/c1-4-16-5-7-17(8-6-16)20(24(2)3)15-23-22(27)18-9-11-19(12-10-18)25-21(26)13-14-30(25,28)29/h5-12,20H,4,13-15H2,1-3H3,(H,23,27). The first kappa shape index (κ1) is 22.0. The molecule has 1 N–H and O–H groups in total. The second-order valence-electron chi connectivity index (χ2n) is 7.56. The third-order valence-electron chi connectivity index (χ3n) is 5.29. The van der Waals surface area contributed by atoms with Crippen LogP contribution < -0.4 is 9.62 Å². The third-order valence-corrected chi connectivity index (χ3v) is 6.99. The lowest BCUT2D eigenvalue weighted by Crippen LogP contribution is -2.34. The number of nitrogens with zero attached hydrogens (tertiary/aromatic N) is 2. The summed E-state index contributed by atoms with van der Waals surface area (Å²) >= 11 is 0. The van der Waals surface area contributed by atoms with Crippen molar-refractivity contribution in [3.63, 3.8) is 0 Å². The number of hydrogen-bond acceptors (Lipinski definition) is 5. The van der Waals surface area contributed by atoms with E-state index in [1.807, 2.05) is 19.0 Å². The minimum Gasteiger partial charge on any atom is -0.350 e. The summed E-state index contributed by atoms with van der Waals surface area (Å²) in [6, 6.07) is 14.4. The number of benzene rings is 2. The van der Waals surface area contributed by atoms with Crippen LogP contribution in [0.25, 0.3) is 0 Å². The van der Waals surface area contributed by atoms with Crippen molar-refractivity contribution in [3.8, 4) is 0 Å². The molecule has 1 saturated heterocycles. The summed E-state index contributed by atoms with van der Waals surface area (Å²) in [5.74, 6) is -0.886. The molecule has 160 valence electrons. The van der Waals surface area contributed by atoms with Gasteiger partial charge in [-0.05, 0) is 55.9 Å². The van der Waals surface area contributed by atoms with Gasteiger partial charge in [0.1, 0.15) is 0 Å². The Morgan fingerprint density at radius 3 is 2.23 bits per heavy atom. The molecule has 0 radical (unpaired) electrons. The molecule has 7 nitrogen and oxygen atoms in total. The molecule has 0 saturated carbocycles. The molecule has 0 aliphatic carbocycles. The number of nitrogens with one attached hydrogen (secondary N) is 1. The maximum atomic E-state index is 12.6. The van der Waals surface area contributed by atoms with Gasteiger partial charge < -0.3 is 10.2 Å². The van der Waals surface area contributed by atoms with Gasteiger partial charge in [0.05, 0.1) is 17.5 Å². The number of hydrogen-bond donors (Lipinski definition) is 1. The number of amides is 2. The molecule has 30 heavy (non-hydrogen) atoms. The Kier molecular flexibility index (Phi) is 6.58. The smallest absolute Gasteiger partial charge is 0.251 e. The molecular weight excluding hydrogens is 402 g/mol. The van der Waals surface area contributed by atoms with E-state index < -0.39 is 15.9 Å². The van der Waals surface area contributed by atoms with Gasteiger partial charge in [-0.1, -0.05) is 31.2 Å². The zero-order chi connectivity index (χ0) is 21.9. The fourth-order valence-electron chi connectivity index (χ4n) is 3.48. The van der Waals surface area contributed by atoms with Crippen molar-refractivity contribution in [1.82, 2.24) is 10.2 Å². The molecule has 1 heterocycles. The summed E-state index contributed by atoms with van der Waals surface area (Å²) in [7, 11) is 0.319. The average molecular weight is 430 g/mol. The van der Waals surface area contributed by atoms with Crippen molar-refractivity contribution >= 4 is 27.5 Å². The second kappa shape index (κ2) is 8.97. The van der Waals surface area contributed by atoms with Gasteiger partial charge in [-0.25, -0.2) is 12.7 Å². The van der Waals surface area contributed by atoms with Gasteiger partial charge in [0.15, 0.2) is 0 Å². The molecular formula is C22H27N3O4S. The number of anilines is 1. The molecule has 0 aromatic heterocycles. The van der Waals surface area contributed by atoms with Crippen molar-refractivity contribution in [3.05, 3.63) is 65.2 Å². The fourth-order valence-corrected chi connectivity index (χ4v) is 4.94. The summed E-state index contributed by atoms with van der Waals surface area (Å²) in [5.41, 5.74) is 3.04. The largest absolute Gasteiger partial charge is 0.350 e. The van der Waals surface area contributed by atoms with Gasteiger partial charge in [0.25, 0.3) is 5.91 Å². The summed E-state index contributed by atoms with van der Waals surface area (Å²) in [6.45, 7) is 2.54. The molecule has 2 amide bonds. The van der Waals surface area contributed by atoms with Crippen LogP contribution in [0.1, 0.15) is 40.9 Å². The number of likely N-dealkylation sites (N-methyl/N-ethyl adjacent to an activating group) is 1. The van der Waals surface area contributed by atoms with Gasteiger partial charge in [-0.2, -0.15) is 0 Å². The minimum absolute atomic E-state index is 0.0181. The topological polar surface area (TPSA) is 86.8 Å². The molecule has 1 aliphatic rings. The Bertz CT molecular complexity index is 1020. The molecule has 1 atom stereocenters. The molecule has 2 aromatic rings.